The van der Waals surface area contributed by atoms with Crippen LogP contribution in [0.1, 0.15) is 26.2 Å². The molecule has 0 aromatic heterocycles. The minimum atomic E-state index is -0.441. The summed E-state index contributed by atoms with van der Waals surface area (Å²) in [6.45, 7) is 2.08. The molecule has 1 rings (SSSR count). The molecule has 0 saturated heterocycles. The molecule has 1 aliphatic rings. The fourth-order valence-corrected chi connectivity index (χ4v) is 1.37. The first-order chi connectivity index (χ1) is 5.33. The van der Waals surface area contributed by atoms with E-state index in [9.17, 15) is 0 Å². The summed E-state index contributed by atoms with van der Waals surface area (Å²) in [5, 5.41) is 8.69. The molecule has 0 amide bonds. The van der Waals surface area contributed by atoms with Crippen molar-refractivity contribution in [1.82, 2.24) is 0 Å². The standard InChI is InChI=1S/C9H14O2/c1-2-6-9(11-10)7-4-3-5-8-9/h3-5,7,10H,2,6,8H2,1H3. The van der Waals surface area contributed by atoms with Crippen molar-refractivity contribution in [3.8, 4) is 0 Å². The van der Waals surface area contributed by atoms with E-state index in [2.05, 4.69) is 11.8 Å². The summed E-state index contributed by atoms with van der Waals surface area (Å²) >= 11 is 0. The van der Waals surface area contributed by atoms with Gasteiger partial charge < -0.3 is 0 Å². The maximum Gasteiger partial charge on any atom is 0.125 e. The summed E-state index contributed by atoms with van der Waals surface area (Å²) < 4.78 is 0. The van der Waals surface area contributed by atoms with Crippen LogP contribution in [0.5, 0.6) is 0 Å². The molecule has 2 heteroatoms. The van der Waals surface area contributed by atoms with Crippen LogP contribution >= 0.6 is 0 Å². The van der Waals surface area contributed by atoms with Crippen molar-refractivity contribution in [3.63, 3.8) is 0 Å². The summed E-state index contributed by atoms with van der Waals surface area (Å²) in [7, 11) is 0. The molecule has 0 bridgehead atoms. The summed E-state index contributed by atoms with van der Waals surface area (Å²) in [6.07, 6.45) is 10.4. The zero-order valence-corrected chi connectivity index (χ0v) is 6.79. The third-order valence-corrected chi connectivity index (χ3v) is 1.97. The van der Waals surface area contributed by atoms with Crippen LogP contribution in [0.2, 0.25) is 0 Å². The van der Waals surface area contributed by atoms with Gasteiger partial charge in [0, 0.05) is 6.42 Å². The lowest BCUT2D eigenvalue weighted by molar-refractivity contribution is -0.308. The molecule has 0 heterocycles. The van der Waals surface area contributed by atoms with Gasteiger partial charge in [-0.05, 0) is 12.5 Å². The molecule has 0 fully saturated rings. The molecule has 11 heavy (non-hydrogen) atoms. The van der Waals surface area contributed by atoms with Gasteiger partial charge in [-0.25, -0.2) is 4.89 Å². The first kappa shape index (κ1) is 8.50. The van der Waals surface area contributed by atoms with Crippen LogP contribution in [0.15, 0.2) is 24.3 Å². The van der Waals surface area contributed by atoms with E-state index in [1.54, 1.807) is 0 Å². The van der Waals surface area contributed by atoms with Crippen LogP contribution in [0, 0.1) is 0 Å². The molecule has 0 aromatic rings. The lowest BCUT2D eigenvalue weighted by atomic mass is 9.91. The van der Waals surface area contributed by atoms with Crippen molar-refractivity contribution in [2.75, 3.05) is 0 Å². The van der Waals surface area contributed by atoms with Gasteiger partial charge in [0.1, 0.15) is 5.60 Å². The molecule has 1 atom stereocenters. The highest BCUT2D eigenvalue weighted by atomic mass is 17.1. The van der Waals surface area contributed by atoms with Gasteiger partial charge in [-0.2, -0.15) is 0 Å². The molecule has 0 aliphatic heterocycles. The molecule has 62 valence electrons. The summed E-state index contributed by atoms with van der Waals surface area (Å²) in [4.78, 5) is 4.48. The van der Waals surface area contributed by atoms with Crippen LogP contribution in [0.25, 0.3) is 0 Å². The van der Waals surface area contributed by atoms with E-state index >= 15 is 0 Å². The Labute approximate surface area is 67.1 Å². The first-order valence-corrected chi connectivity index (χ1v) is 4.00. The second-order valence-corrected chi connectivity index (χ2v) is 2.90. The number of rotatable bonds is 3. The Kier molecular flexibility index (Phi) is 2.85. The van der Waals surface area contributed by atoms with Crippen molar-refractivity contribution in [3.05, 3.63) is 24.3 Å². The fourth-order valence-electron chi connectivity index (χ4n) is 1.37. The zero-order chi connectivity index (χ0) is 8.16. The van der Waals surface area contributed by atoms with E-state index in [1.807, 2.05) is 24.3 Å². The topological polar surface area (TPSA) is 29.5 Å². The Hall–Kier alpha value is -0.600. The molecule has 0 radical (unpaired) electrons. The maximum atomic E-state index is 8.69. The molecular formula is C9H14O2. The van der Waals surface area contributed by atoms with E-state index < -0.39 is 5.60 Å². The molecule has 0 spiro atoms. The molecule has 1 aliphatic carbocycles. The second-order valence-electron chi connectivity index (χ2n) is 2.90. The summed E-state index contributed by atoms with van der Waals surface area (Å²) in [6, 6.07) is 0. The van der Waals surface area contributed by atoms with Crippen LogP contribution < -0.4 is 0 Å². The quantitative estimate of drug-likeness (QED) is 0.500. The van der Waals surface area contributed by atoms with E-state index in [1.165, 1.54) is 0 Å². The van der Waals surface area contributed by atoms with E-state index in [-0.39, 0.29) is 0 Å². The predicted octanol–water partition coefficient (Wildman–Crippen LogP) is 2.53. The minimum absolute atomic E-state index is 0.441. The van der Waals surface area contributed by atoms with Crippen molar-refractivity contribution >= 4 is 0 Å². The molecular weight excluding hydrogens is 140 g/mol. The van der Waals surface area contributed by atoms with Crippen LogP contribution in [-0.2, 0) is 4.89 Å². The average Bonchev–Trinajstić information content (AvgIpc) is 2.07. The molecule has 0 saturated carbocycles. The zero-order valence-electron chi connectivity index (χ0n) is 6.79. The third-order valence-electron chi connectivity index (χ3n) is 1.97. The van der Waals surface area contributed by atoms with Crippen LogP contribution in [-0.4, -0.2) is 10.9 Å². The van der Waals surface area contributed by atoms with Crippen molar-refractivity contribution in [1.29, 1.82) is 0 Å². The number of hydrogen-bond donors (Lipinski definition) is 1. The number of hydrogen-bond acceptors (Lipinski definition) is 2. The van der Waals surface area contributed by atoms with Gasteiger partial charge >= 0.3 is 0 Å². The summed E-state index contributed by atoms with van der Waals surface area (Å²) in [5.74, 6) is 0. The molecule has 2 nitrogen and oxygen atoms in total. The van der Waals surface area contributed by atoms with Gasteiger partial charge in [-0.3, -0.25) is 5.26 Å². The van der Waals surface area contributed by atoms with Crippen molar-refractivity contribution in [2.24, 2.45) is 0 Å². The lowest BCUT2D eigenvalue weighted by Gasteiger charge is -2.26. The summed E-state index contributed by atoms with van der Waals surface area (Å²) in [5.41, 5.74) is -0.441. The van der Waals surface area contributed by atoms with Gasteiger partial charge in [0.2, 0.25) is 0 Å². The highest BCUT2D eigenvalue weighted by Crippen LogP contribution is 2.26. The van der Waals surface area contributed by atoms with Crippen LogP contribution in [0.4, 0.5) is 0 Å². The van der Waals surface area contributed by atoms with Gasteiger partial charge in [0.25, 0.3) is 0 Å². The lowest BCUT2D eigenvalue weighted by Crippen LogP contribution is -2.29. The highest BCUT2D eigenvalue weighted by molar-refractivity contribution is 5.18. The minimum Gasteiger partial charge on any atom is -0.251 e. The average molecular weight is 154 g/mol. The van der Waals surface area contributed by atoms with E-state index in [0.717, 1.165) is 19.3 Å². The van der Waals surface area contributed by atoms with Crippen LogP contribution in [0.3, 0.4) is 0 Å². The molecule has 1 unspecified atom stereocenters. The number of allylic oxidation sites excluding steroid dienone is 2. The predicted molar refractivity (Wildman–Crippen MR) is 44.2 cm³/mol. The Bertz CT molecular complexity index is 172. The Morgan fingerprint density at radius 1 is 1.55 bits per heavy atom. The van der Waals surface area contributed by atoms with Crippen molar-refractivity contribution < 1.29 is 10.1 Å². The normalized spacial score (nSPS) is 29.3. The van der Waals surface area contributed by atoms with Gasteiger partial charge in [-0.1, -0.05) is 31.6 Å². The second kappa shape index (κ2) is 3.69. The van der Waals surface area contributed by atoms with E-state index in [0.29, 0.717) is 0 Å². The maximum absolute atomic E-state index is 8.69. The monoisotopic (exact) mass is 154 g/mol. The van der Waals surface area contributed by atoms with Crippen molar-refractivity contribution in [2.45, 2.75) is 31.8 Å². The highest BCUT2D eigenvalue weighted by Gasteiger charge is 2.27. The Morgan fingerprint density at radius 3 is 2.82 bits per heavy atom. The Balaban J connectivity index is 2.60. The third kappa shape index (κ3) is 1.91. The first-order valence-electron chi connectivity index (χ1n) is 4.00. The Morgan fingerprint density at radius 2 is 2.36 bits per heavy atom. The van der Waals surface area contributed by atoms with Gasteiger partial charge in [0.05, 0.1) is 0 Å². The molecule has 1 N–H and O–H groups in total. The fraction of sp³-hybridized carbons (Fsp3) is 0.556. The van der Waals surface area contributed by atoms with Gasteiger partial charge in [-0.15, -0.1) is 0 Å². The smallest absolute Gasteiger partial charge is 0.125 e. The largest absolute Gasteiger partial charge is 0.251 e. The molecule has 0 aromatic carbocycles. The van der Waals surface area contributed by atoms with Gasteiger partial charge in [0.15, 0.2) is 0 Å². The SMILES string of the molecule is CCCC1(OO)C=CC=CC1. The van der Waals surface area contributed by atoms with E-state index in [4.69, 9.17) is 5.26 Å².